The highest BCUT2D eigenvalue weighted by Crippen LogP contribution is 2.27. The second kappa shape index (κ2) is 8.63. The maximum atomic E-state index is 12.3. The van der Waals surface area contributed by atoms with Crippen molar-refractivity contribution in [2.75, 3.05) is 6.54 Å². The van der Waals surface area contributed by atoms with Crippen LogP contribution in [0.2, 0.25) is 0 Å². The van der Waals surface area contributed by atoms with Crippen molar-refractivity contribution < 1.29 is 4.79 Å². The van der Waals surface area contributed by atoms with Crippen LogP contribution in [0.3, 0.4) is 0 Å². The molecule has 0 aliphatic rings. The summed E-state index contributed by atoms with van der Waals surface area (Å²) in [6.07, 6.45) is 0.857. The van der Waals surface area contributed by atoms with Crippen molar-refractivity contribution in [3.63, 3.8) is 0 Å². The average molecular weight is 394 g/mol. The molecule has 1 amide bonds. The summed E-state index contributed by atoms with van der Waals surface area (Å²) in [6, 6.07) is 28.3. The Kier molecular flexibility index (Phi) is 6.02. The highest BCUT2D eigenvalue weighted by molar-refractivity contribution is 9.10. The van der Waals surface area contributed by atoms with E-state index in [1.165, 1.54) is 11.1 Å². The molecule has 0 fully saturated rings. The molecule has 3 aromatic rings. The van der Waals surface area contributed by atoms with Crippen LogP contribution in [0.1, 0.15) is 33.8 Å². The third-order valence-electron chi connectivity index (χ3n) is 4.23. The summed E-state index contributed by atoms with van der Waals surface area (Å²) >= 11 is 3.39. The monoisotopic (exact) mass is 393 g/mol. The largest absolute Gasteiger partial charge is 0.352 e. The molecule has 2 nitrogen and oxygen atoms in total. The molecular weight excluding hydrogens is 374 g/mol. The van der Waals surface area contributed by atoms with Gasteiger partial charge in [0.1, 0.15) is 0 Å². The van der Waals surface area contributed by atoms with Crippen LogP contribution in [0, 0.1) is 0 Å². The van der Waals surface area contributed by atoms with Crippen LogP contribution in [0.4, 0.5) is 0 Å². The molecule has 0 heterocycles. The van der Waals surface area contributed by atoms with Crippen LogP contribution in [-0.2, 0) is 0 Å². The van der Waals surface area contributed by atoms with E-state index >= 15 is 0 Å². The summed E-state index contributed by atoms with van der Waals surface area (Å²) in [7, 11) is 0. The Hall–Kier alpha value is -2.39. The number of carbonyl (C=O) groups excluding carboxylic acids is 1. The van der Waals surface area contributed by atoms with E-state index in [0.717, 1.165) is 10.9 Å². The number of benzene rings is 3. The van der Waals surface area contributed by atoms with Crippen molar-refractivity contribution in [3.8, 4) is 0 Å². The van der Waals surface area contributed by atoms with Crippen LogP contribution in [-0.4, -0.2) is 12.5 Å². The topological polar surface area (TPSA) is 29.1 Å². The van der Waals surface area contributed by atoms with E-state index in [2.05, 4.69) is 69.8 Å². The molecule has 3 rings (SSSR count). The van der Waals surface area contributed by atoms with Gasteiger partial charge in [-0.3, -0.25) is 4.79 Å². The van der Waals surface area contributed by atoms with Gasteiger partial charge in [-0.25, -0.2) is 0 Å². The van der Waals surface area contributed by atoms with E-state index in [9.17, 15) is 4.79 Å². The normalized spacial score (nSPS) is 10.6. The minimum absolute atomic E-state index is 0.0348. The number of amides is 1. The number of carbonyl (C=O) groups is 1. The summed E-state index contributed by atoms with van der Waals surface area (Å²) < 4.78 is 0.970. The second-order valence-corrected chi connectivity index (χ2v) is 6.84. The van der Waals surface area contributed by atoms with Gasteiger partial charge < -0.3 is 5.32 Å². The Labute approximate surface area is 157 Å². The molecule has 3 aromatic carbocycles. The van der Waals surface area contributed by atoms with Crippen molar-refractivity contribution in [2.24, 2.45) is 0 Å². The number of halogens is 1. The van der Waals surface area contributed by atoms with Gasteiger partial charge in [0.2, 0.25) is 0 Å². The lowest BCUT2D eigenvalue weighted by Gasteiger charge is -2.18. The van der Waals surface area contributed by atoms with Crippen molar-refractivity contribution in [3.05, 3.63) is 106 Å². The second-order valence-electron chi connectivity index (χ2n) is 5.93. The maximum Gasteiger partial charge on any atom is 0.251 e. The SMILES string of the molecule is O=C(NCCC(c1ccccc1)c1ccccc1)c1ccc(Br)cc1. The Balaban J connectivity index is 1.67. The Morgan fingerprint density at radius 1 is 0.800 bits per heavy atom. The molecule has 25 heavy (non-hydrogen) atoms. The van der Waals surface area contributed by atoms with Crippen LogP contribution in [0.15, 0.2) is 89.4 Å². The standard InChI is InChI=1S/C22H20BrNO/c23-20-13-11-19(12-14-20)22(25)24-16-15-21(17-7-3-1-4-8-17)18-9-5-2-6-10-18/h1-14,21H,15-16H2,(H,24,25). The Morgan fingerprint density at radius 2 is 1.32 bits per heavy atom. The van der Waals surface area contributed by atoms with Gasteiger partial charge in [0, 0.05) is 22.5 Å². The first-order valence-electron chi connectivity index (χ1n) is 8.37. The summed E-state index contributed by atoms with van der Waals surface area (Å²) in [5.74, 6) is 0.236. The van der Waals surface area contributed by atoms with Gasteiger partial charge in [-0.15, -0.1) is 0 Å². The molecular formula is C22H20BrNO. The molecule has 0 radical (unpaired) electrons. The first kappa shape index (κ1) is 17.4. The van der Waals surface area contributed by atoms with Crippen molar-refractivity contribution in [1.82, 2.24) is 5.32 Å². The van der Waals surface area contributed by atoms with Crippen molar-refractivity contribution in [1.29, 1.82) is 0 Å². The molecule has 0 unspecified atom stereocenters. The van der Waals surface area contributed by atoms with Gasteiger partial charge in [-0.2, -0.15) is 0 Å². The molecule has 0 aliphatic carbocycles. The van der Waals surface area contributed by atoms with Gasteiger partial charge in [-0.1, -0.05) is 76.6 Å². The summed E-state index contributed by atoms with van der Waals surface area (Å²) in [4.78, 5) is 12.3. The van der Waals surface area contributed by atoms with E-state index < -0.39 is 0 Å². The highest BCUT2D eigenvalue weighted by Gasteiger charge is 2.14. The summed E-state index contributed by atoms with van der Waals surface area (Å²) in [6.45, 7) is 0.628. The van der Waals surface area contributed by atoms with E-state index in [4.69, 9.17) is 0 Å². The Bertz CT molecular complexity index is 761. The molecule has 0 bridgehead atoms. The van der Waals surface area contributed by atoms with Gasteiger partial charge >= 0.3 is 0 Å². The molecule has 0 saturated carbocycles. The molecule has 0 saturated heterocycles. The zero-order chi connectivity index (χ0) is 17.5. The van der Waals surface area contributed by atoms with Crippen LogP contribution < -0.4 is 5.32 Å². The zero-order valence-corrected chi connectivity index (χ0v) is 15.4. The Morgan fingerprint density at radius 3 is 1.84 bits per heavy atom. The van der Waals surface area contributed by atoms with Gasteiger partial charge in [-0.05, 0) is 41.8 Å². The minimum atomic E-state index is -0.0348. The van der Waals surface area contributed by atoms with Gasteiger partial charge in [0.25, 0.3) is 5.91 Å². The number of hydrogen-bond donors (Lipinski definition) is 1. The third-order valence-corrected chi connectivity index (χ3v) is 4.76. The van der Waals surface area contributed by atoms with Crippen LogP contribution in [0.25, 0.3) is 0 Å². The van der Waals surface area contributed by atoms with Gasteiger partial charge in [0.15, 0.2) is 0 Å². The maximum absolute atomic E-state index is 12.3. The van der Waals surface area contributed by atoms with Crippen LogP contribution in [0.5, 0.6) is 0 Å². The average Bonchev–Trinajstić information content (AvgIpc) is 2.67. The van der Waals surface area contributed by atoms with E-state index in [1.54, 1.807) is 0 Å². The molecule has 1 N–H and O–H groups in total. The zero-order valence-electron chi connectivity index (χ0n) is 13.9. The molecule has 126 valence electrons. The van der Waals surface area contributed by atoms with E-state index in [1.807, 2.05) is 36.4 Å². The fraction of sp³-hybridized carbons (Fsp3) is 0.136. The van der Waals surface area contributed by atoms with E-state index in [-0.39, 0.29) is 11.8 Å². The van der Waals surface area contributed by atoms with Crippen LogP contribution >= 0.6 is 15.9 Å². The first-order valence-corrected chi connectivity index (χ1v) is 9.17. The fourth-order valence-corrected chi connectivity index (χ4v) is 3.19. The number of rotatable bonds is 6. The first-order chi connectivity index (χ1) is 12.2. The summed E-state index contributed by atoms with van der Waals surface area (Å²) in [5.41, 5.74) is 3.22. The van der Waals surface area contributed by atoms with Gasteiger partial charge in [0.05, 0.1) is 0 Å². The minimum Gasteiger partial charge on any atom is -0.352 e. The number of hydrogen-bond acceptors (Lipinski definition) is 1. The third kappa shape index (κ3) is 4.80. The van der Waals surface area contributed by atoms with Crippen molar-refractivity contribution in [2.45, 2.75) is 12.3 Å². The lowest BCUT2D eigenvalue weighted by Crippen LogP contribution is -2.25. The quantitative estimate of drug-likeness (QED) is 0.596. The molecule has 0 spiro atoms. The smallest absolute Gasteiger partial charge is 0.251 e. The molecule has 3 heteroatoms. The van der Waals surface area contributed by atoms with E-state index in [0.29, 0.717) is 12.1 Å². The predicted molar refractivity (Wildman–Crippen MR) is 106 cm³/mol. The molecule has 0 aromatic heterocycles. The number of nitrogens with one attached hydrogen (secondary N) is 1. The highest BCUT2D eigenvalue weighted by atomic mass is 79.9. The molecule has 0 aliphatic heterocycles. The lowest BCUT2D eigenvalue weighted by atomic mass is 9.88. The fourth-order valence-electron chi connectivity index (χ4n) is 2.93. The lowest BCUT2D eigenvalue weighted by molar-refractivity contribution is 0.0953. The summed E-state index contributed by atoms with van der Waals surface area (Å²) in [5, 5.41) is 3.03. The predicted octanol–water partition coefficient (Wildman–Crippen LogP) is 5.40. The van der Waals surface area contributed by atoms with Crippen molar-refractivity contribution >= 4 is 21.8 Å². The molecule has 0 atom stereocenters.